The highest BCUT2D eigenvalue weighted by atomic mass is 16.5. The molecule has 0 fully saturated rings. The van der Waals surface area contributed by atoms with Gasteiger partial charge in [-0.2, -0.15) is 0 Å². The van der Waals surface area contributed by atoms with E-state index in [1.165, 1.54) is 70.6 Å². The van der Waals surface area contributed by atoms with E-state index in [0.29, 0.717) is 5.92 Å². The number of aliphatic carboxylic acids is 1. The molecule has 2 unspecified atom stereocenters. The first-order chi connectivity index (χ1) is 14.4. The molecule has 30 heavy (non-hydrogen) atoms. The number of carbonyl (C=O) groups is 2. The minimum absolute atomic E-state index is 0.105. The van der Waals surface area contributed by atoms with Gasteiger partial charge in [0.15, 0.2) is 0 Å². The zero-order chi connectivity index (χ0) is 22.6. The third-order valence-electron chi connectivity index (χ3n) is 5.98. The smallest absolute Gasteiger partial charge is 0.323 e. The molecule has 0 saturated carbocycles. The van der Waals surface area contributed by atoms with Crippen molar-refractivity contribution in [2.45, 2.75) is 142 Å². The molecule has 0 aromatic carbocycles. The molecule has 0 amide bonds. The van der Waals surface area contributed by atoms with Crippen molar-refractivity contribution in [1.29, 1.82) is 0 Å². The summed E-state index contributed by atoms with van der Waals surface area (Å²) < 4.78 is 5.78. The number of carboxylic acids is 1. The maximum Gasteiger partial charge on any atom is 0.323 e. The second kappa shape index (κ2) is 19.8. The average molecular weight is 428 g/mol. The van der Waals surface area contributed by atoms with Crippen LogP contribution in [0, 0.1) is 5.92 Å². The zero-order valence-corrected chi connectivity index (χ0v) is 20.0. The Bertz CT molecular complexity index is 427. The van der Waals surface area contributed by atoms with Crippen molar-refractivity contribution >= 4 is 11.9 Å². The molecule has 3 atom stereocenters. The number of carboxylic acid groups (broad SMARTS) is 1. The molecule has 0 spiro atoms. The highest BCUT2D eigenvalue weighted by Crippen LogP contribution is 2.23. The fourth-order valence-electron chi connectivity index (χ4n) is 3.83. The average Bonchev–Trinajstić information content (AvgIpc) is 2.72. The molecule has 0 saturated heterocycles. The first kappa shape index (κ1) is 28.9. The summed E-state index contributed by atoms with van der Waals surface area (Å²) in [7, 11) is 0. The van der Waals surface area contributed by atoms with Gasteiger partial charge in [-0.05, 0) is 31.6 Å². The van der Waals surface area contributed by atoms with E-state index in [-0.39, 0.29) is 18.9 Å². The van der Waals surface area contributed by atoms with E-state index in [0.717, 1.165) is 25.7 Å². The lowest BCUT2D eigenvalue weighted by Gasteiger charge is -2.26. The Kier molecular flexibility index (Phi) is 19.1. The summed E-state index contributed by atoms with van der Waals surface area (Å²) >= 11 is 0. The third kappa shape index (κ3) is 16.7. The van der Waals surface area contributed by atoms with Gasteiger partial charge >= 0.3 is 11.9 Å². The molecule has 0 rings (SSSR count). The van der Waals surface area contributed by atoms with Gasteiger partial charge in [0.25, 0.3) is 0 Å². The molecule has 0 aliphatic heterocycles. The van der Waals surface area contributed by atoms with Gasteiger partial charge in [-0.3, -0.25) is 9.59 Å². The Morgan fingerprint density at radius 2 is 1.23 bits per heavy atom. The summed E-state index contributed by atoms with van der Waals surface area (Å²) in [5, 5.41) is 8.79. The molecule has 0 radical (unpaired) electrons. The SMILES string of the molecule is CCCCCCCCCCCC(OC(=O)[C@@H](N)CCC(=O)O)C(C)CCCCCC. The second-order valence-electron chi connectivity index (χ2n) is 8.96. The molecular formula is C25H49NO4. The highest BCUT2D eigenvalue weighted by Gasteiger charge is 2.24. The Balaban J connectivity index is 4.36. The quantitative estimate of drug-likeness (QED) is 0.159. The third-order valence-corrected chi connectivity index (χ3v) is 5.98. The number of hydrogen-bond acceptors (Lipinski definition) is 4. The minimum Gasteiger partial charge on any atom is -0.481 e. The Labute approximate surface area is 185 Å². The van der Waals surface area contributed by atoms with Gasteiger partial charge in [0.2, 0.25) is 0 Å². The van der Waals surface area contributed by atoms with Crippen LogP contribution in [0.15, 0.2) is 0 Å². The number of esters is 1. The van der Waals surface area contributed by atoms with Crippen molar-refractivity contribution in [1.82, 2.24) is 0 Å². The summed E-state index contributed by atoms with van der Waals surface area (Å²) in [5.74, 6) is -1.07. The first-order valence-corrected chi connectivity index (χ1v) is 12.6. The van der Waals surface area contributed by atoms with Crippen molar-refractivity contribution in [2.24, 2.45) is 11.7 Å². The van der Waals surface area contributed by atoms with Crippen LogP contribution in [-0.4, -0.2) is 29.2 Å². The summed E-state index contributed by atoms with van der Waals surface area (Å²) in [5.41, 5.74) is 5.86. The van der Waals surface area contributed by atoms with Crippen molar-refractivity contribution in [3.63, 3.8) is 0 Å². The summed E-state index contributed by atoms with van der Waals surface area (Å²) in [6, 6.07) is -0.848. The van der Waals surface area contributed by atoms with E-state index in [2.05, 4.69) is 20.8 Å². The Morgan fingerprint density at radius 3 is 1.77 bits per heavy atom. The van der Waals surface area contributed by atoms with Crippen molar-refractivity contribution < 1.29 is 19.4 Å². The molecule has 5 nitrogen and oxygen atoms in total. The van der Waals surface area contributed by atoms with Gasteiger partial charge in [0.05, 0.1) is 0 Å². The van der Waals surface area contributed by atoms with E-state index in [9.17, 15) is 9.59 Å². The van der Waals surface area contributed by atoms with Crippen LogP contribution in [0.2, 0.25) is 0 Å². The fourth-order valence-corrected chi connectivity index (χ4v) is 3.83. The number of unbranched alkanes of at least 4 members (excludes halogenated alkanes) is 11. The van der Waals surface area contributed by atoms with E-state index in [1.807, 2.05) is 0 Å². The highest BCUT2D eigenvalue weighted by molar-refractivity contribution is 5.76. The molecule has 0 bridgehead atoms. The van der Waals surface area contributed by atoms with E-state index < -0.39 is 18.0 Å². The van der Waals surface area contributed by atoms with Crippen molar-refractivity contribution in [2.75, 3.05) is 0 Å². The molecule has 178 valence electrons. The maximum atomic E-state index is 12.4. The summed E-state index contributed by atoms with van der Waals surface area (Å²) in [6.45, 7) is 6.61. The van der Waals surface area contributed by atoms with Crippen molar-refractivity contribution in [3.8, 4) is 0 Å². The van der Waals surface area contributed by atoms with Crippen molar-refractivity contribution in [3.05, 3.63) is 0 Å². The van der Waals surface area contributed by atoms with Crippen LogP contribution < -0.4 is 5.73 Å². The number of carbonyl (C=O) groups excluding carboxylic acids is 1. The van der Waals surface area contributed by atoms with Crippen LogP contribution in [0.5, 0.6) is 0 Å². The van der Waals surface area contributed by atoms with Crippen LogP contribution >= 0.6 is 0 Å². The van der Waals surface area contributed by atoms with E-state index in [4.69, 9.17) is 15.6 Å². The molecule has 0 aromatic rings. The van der Waals surface area contributed by atoms with E-state index in [1.54, 1.807) is 0 Å². The fraction of sp³-hybridized carbons (Fsp3) is 0.920. The molecular weight excluding hydrogens is 378 g/mol. The number of ether oxygens (including phenoxy) is 1. The molecule has 0 heterocycles. The lowest BCUT2D eigenvalue weighted by Crippen LogP contribution is -2.37. The second-order valence-corrected chi connectivity index (χ2v) is 8.96. The molecule has 5 heteroatoms. The normalized spacial score (nSPS) is 14.3. The minimum atomic E-state index is -0.936. The molecule has 0 aliphatic rings. The van der Waals surface area contributed by atoms with Crippen LogP contribution in [0.3, 0.4) is 0 Å². The van der Waals surface area contributed by atoms with Crippen LogP contribution in [0.1, 0.15) is 130 Å². The lowest BCUT2D eigenvalue weighted by molar-refractivity contribution is -0.154. The van der Waals surface area contributed by atoms with Gasteiger partial charge in [-0.15, -0.1) is 0 Å². The first-order valence-electron chi connectivity index (χ1n) is 12.6. The Hall–Kier alpha value is -1.10. The Morgan fingerprint density at radius 1 is 0.767 bits per heavy atom. The van der Waals surface area contributed by atoms with Crippen LogP contribution in [0.25, 0.3) is 0 Å². The lowest BCUT2D eigenvalue weighted by atomic mass is 9.93. The number of hydrogen-bond donors (Lipinski definition) is 2. The van der Waals surface area contributed by atoms with Crippen LogP contribution in [-0.2, 0) is 14.3 Å². The van der Waals surface area contributed by atoms with Gasteiger partial charge in [0, 0.05) is 6.42 Å². The largest absolute Gasteiger partial charge is 0.481 e. The van der Waals surface area contributed by atoms with Gasteiger partial charge in [-0.1, -0.05) is 97.8 Å². The van der Waals surface area contributed by atoms with Gasteiger partial charge < -0.3 is 15.6 Å². The number of rotatable bonds is 21. The topological polar surface area (TPSA) is 89.6 Å². The molecule has 0 aromatic heterocycles. The predicted molar refractivity (Wildman–Crippen MR) is 124 cm³/mol. The van der Waals surface area contributed by atoms with Gasteiger partial charge in [-0.25, -0.2) is 0 Å². The predicted octanol–water partition coefficient (Wildman–Crippen LogP) is 6.62. The van der Waals surface area contributed by atoms with E-state index >= 15 is 0 Å². The zero-order valence-electron chi connectivity index (χ0n) is 20.0. The maximum absolute atomic E-state index is 12.4. The summed E-state index contributed by atoms with van der Waals surface area (Å²) in [4.78, 5) is 23.1. The monoisotopic (exact) mass is 427 g/mol. The van der Waals surface area contributed by atoms with Gasteiger partial charge in [0.1, 0.15) is 12.1 Å². The standard InChI is InChI=1S/C25H49NO4/c1-4-6-8-10-11-12-13-14-16-18-23(21(3)17-15-9-7-5-2)30-25(29)22(26)19-20-24(27)28/h21-23H,4-20,26H2,1-3H3,(H,27,28)/t21?,22-,23?/m0/s1. The molecule has 3 N–H and O–H groups in total. The summed E-state index contributed by atoms with van der Waals surface area (Å²) in [6.07, 6.45) is 18.1. The molecule has 0 aliphatic carbocycles. The van der Waals surface area contributed by atoms with Crippen LogP contribution in [0.4, 0.5) is 0 Å². The number of nitrogens with two attached hydrogens (primary N) is 1.